The molecule has 0 atom stereocenters. The van der Waals surface area contributed by atoms with E-state index in [4.69, 9.17) is 0 Å². The van der Waals surface area contributed by atoms with Gasteiger partial charge in [0.05, 0.1) is 5.56 Å². The minimum Gasteiger partial charge on any atom is -0.352 e. The molecule has 3 heterocycles. The largest absolute Gasteiger partial charge is 0.352 e. The van der Waals surface area contributed by atoms with Crippen LogP contribution in [0, 0.1) is 0 Å². The number of nitrogens with zero attached hydrogens (tertiary/aromatic N) is 6. The Balaban J connectivity index is 1.73. The molecule has 2 N–H and O–H groups in total. The molecule has 9 nitrogen and oxygen atoms in total. The molecule has 0 bridgehead atoms. The summed E-state index contributed by atoms with van der Waals surface area (Å²) in [4.78, 5) is 35.3. The number of hydrogen-bond donors (Lipinski definition) is 2. The minimum atomic E-state index is -0.142. The Kier molecular flexibility index (Phi) is 8.52. The molecule has 0 saturated carbocycles. The third kappa shape index (κ3) is 6.58. The number of pyridine rings is 1. The number of likely N-dealkylation sites (N-methyl/N-ethyl adjacent to an activating group) is 1. The van der Waals surface area contributed by atoms with Crippen LogP contribution >= 0.6 is 0 Å². The maximum atomic E-state index is 12.7. The predicted molar refractivity (Wildman–Crippen MR) is 123 cm³/mol. The van der Waals surface area contributed by atoms with Gasteiger partial charge in [-0.25, -0.2) is 4.98 Å². The fraction of sp³-hybridized carbons (Fsp3) is 0.591. The zero-order valence-corrected chi connectivity index (χ0v) is 18.9. The van der Waals surface area contributed by atoms with Crippen molar-refractivity contribution in [3.63, 3.8) is 0 Å². The van der Waals surface area contributed by atoms with Gasteiger partial charge in [-0.2, -0.15) is 15.0 Å². The second kappa shape index (κ2) is 11.5. The van der Waals surface area contributed by atoms with Gasteiger partial charge in [0.25, 0.3) is 5.91 Å². The highest BCUT2D eigenvalue weighted by Gasteiger charge is 2.19. The summed E-state index contributed by atoms with van der Waals surface area (Å²) in [6, 6.07) is 3.53. The van der Waals surface area contributed by atoms with E-state index in [1.54, 1.807) is 18.3 Å². The summed E-state index contributed by atoms with van der Waals surface area (Å²) in [6.07, 6.45) is 6.81. The van der Waals surface area contributed by atoms with Gasteiger partial charge < -0.3 is 20.4 Å². The predicted octanol–water partition coefficient (Wildman–Crippen LogP) is 2.63. The van der Waals surface area contributed by atoms with Crippen LogP contribution < -0.4 is 15.5 Å². The molecule has 0 unspecified atom stereocenters. The fourth-order valence-corrected chi connectivity index (χ4v) is 3.41. The Morgan fingerprint density at radius 2 is 1.87 bits per heavy atom. The lowest BCUT2D eigenvalue weighted by Crippen LogP contribution is -2.45. The Morgan fingerprint density at radius 1 is 1.06 bits per heavy atom. The number of piperazine rings is 1. The van der Waals surface area contributed by atoms with Crippen LogP contribution in [0.15, 0.2) is 18.3 Å². The summed E-state index contributed by atoms with van der Waals surface area (Å²) in [5.41, 5.74) is 0.484. The van der Waals surface area contributed by atoms with Gasteiger partial charge in [-0.3, -0.25) is 4.79 Å². The highest BCUT2D eigenvalue weighted by Crippen LogP contribution is 2.19. The van der Waals surface area contributed by atoms with Gasteiger partial charge in [0.2, 0.25) is 11.9 Å². The number of aromatic nitrogens is 4. The lowest BCUT2D eigenvalue weighted by molar-refractivity contribution is 0.0953. The average Bonchev–Trinajstić information content (AvgIpc) is 2.79. The molecule has 1 fully saturated rings. The van der Waals surface area contributed by atoms with Crippen LogP contribution in [0.3, 0.4) is 0 Å². The molecule has 2 aromatic rings. The molecule has 9 heteroatoms. The highest BCUT2D eigenvalue weighted by molar-refractivity contribution is 5.99. The number of carbonyl (C=O) groups excluding carboxylic acids is 1. The first-order chi connectivity index (χ1) is 15.1. The number of hydrogen-bond acceptors (Lipinski definition) is 8. The van der Waals surface area contributed by atoms with Gasteiger partial charge in [0.15, 0.2) is 0 Å². The minimum absolute atomic E-state index is 0.142. The molecule has 1 amide bonds. The second-order valence-corrected chi connectivity index (χ2v) is 7.86. The Bertz CT molecular complexity index is 851. The standard InChI is InChI=1S/C22H34N8O/c1-4-6-7-8-11-24-20(31)17-10-9-12-23-19(17)27-21-25-18(5-2)26-22(28-21)30-15-13-29(3)14-16-30/h9-10,12H,4-8,11,13-16H2,1-3H3,(H,24,31)(H,23,25,26,27,28). The van der Waals surface area contributed by atoms with Gasteiger partial charge in [0.1, 0.15) is 11.6 Å². The molecule has 168 valence electrons. The van der Waals surface area contributed by atoms with Crippen molar-refractivity contribution in [2.75, 3.05) is 50.0 Å². The Morgan fingerprint density at radius 3 is 2.61 bits per heavy atom. The van der Waals surface area contributed by atoms with Crippen molar-refractivity contribution in [2.45, 2.75) is 46.0 Å². The van der Waals surface area contributed by atoms with Crippen LogP contribution in [0.25, 0.3) is 0 Å². The third-order valence-corrected chi connectivity index (χ3v) is 5.37. The first-order valence-electron chi connectivity index (χ1n) is 11.3. The van der Waals surface area contributed by atoms with Crippen LogP contribution in [0.2, 0.25) is 0 Å². The summed E-state index contributed by atoms with van der Waals surface area (Å²) < 4.78 is 0. The Labute approximate surface area is 184 Å². The van der Waals surface area contributed by atoms with Gasteiger partial charge in [-0.05, 0) is 25.6 Å². The van der Waals surface area contributed by atoms with E-state index in [-0.39, 0.29) is 5.91 Å². The van der Waals surface area contributed by atoms with Crippen molar-refractivity contribution in [3.05, 3.63) is 29.7 Å². The number of carbonyl (C=O) groups is 1. The van der Waals surface area contributed by atoms with Crippen molar-refractivity contribution in [1.82, 2.24) is 30.2 Å². The monoisotopic (exact) mass is 426 g/mol. The van der Waals surface area contributed by atoms with Crippen molar-refractivity contribution in [1.29, 1.82) is 0 Å². The van der Waals surface area contributed by atoms with E-state index in [1.807, 2.05) is 6.92 Å². The number of amides is 1. The molecule has 1 saturated heterocycles. The average molecular weight is 427 g/mol. The van der Waals surface area contributed by atoms with Crippen LogP contribution in [-0.4, -0.2) is 70.5 Å². The zero-order chi connectivity index (χ0) is 22.1. The summed E-state index contributed by atoms with van der Waals surface area (Å²) in [5.74, 6) is 2.10. The van der Waals surface area contributed by atoms with Gasteiger partial charge in [-0.15, -0.1) is 0 Å². The Hall–Kier alpha value is -2.81. The summed E-state index contributed by atoms with van der Waals surface area (Å²) in [5, 5.41) is 6.14. The van der Waals surface area contributed by atoms with E-state index in [0.717, 1.165) is 39.0 Å². The molecule has 1 aliphatic heterocycles. The SMILES string of the molecule is CCCCCCNC(=O)c1cccnc1Nc1nc(CC)nc(N2CCN(C)CC2)n1. The molecule has 0 aromatic carbocycles. The molecular formula is C22H34N8O. The summed E-state index contributed by atoms with van der Waals surface area (Å²) in [6.45, 7) is 8.54. The van der Waals surface area contributed by atoms with Crippen molar-refractivity contribution in [2.24, 2.45) is 0 Å². The van der Waals surface area contributed by atoms with Crippen molar-refractivity contribution in [3.8, 4) is 0 Å². The number of aryl methyl sites for hydroxylation is 1. The molecule has 0 aliphatic carbocycles. The van der Waals surface area contributed by atoms with Gasteiger partial charge >= 0.3 is 0 Å². The summed E-state index contributed by atoms with van der Waals surface area (Å²) >= 11 is 0. The van der Waals surface area contributed by atoms with E-state index in [0.29, 0.717) is 42.1 Å². The zero-order valence-electron chi connectivity index (χ0n) is 18.9. The topological polar surface area (TPSA) is 99.2 Å². The second-order valence-electron chi connectivity index (χ2n) is 7.86. The van der Waals surface area contributed by atoms with Crippen LogP contribution in [0.5, 0.6) is 0 Å². The van der Waals surface area contributed by atoms with E-state index in [1.165, 1.54) is 12.8 Å². The van der Waals surface area contributed by atoms with Gasteiger partial charge in [0, 0.05) is 45.3 Å². The van der Waals surface area contributed by atoms with Crippen molar-refractivity contribution < 1.29 is 4.79 Å². The van der Waals surface area contributed by atoms with Gasteiger partial charge in [-0.1, -0.05) is 33.1 Å². The maximum absolute atomic E-state index is 12.7. The normalized spacial score (nSPS) is 14.5. The summed E-state index contributed by atoms with van der Waals surface area (Å²) in [7, 11) is 2.12. The first kappa shape index (κ1) is 22.9. The molecule has 2 aromatic heterocycles. The number of anilines is 3. The lowest BCUT2D eigenvalue weighted by atomic mass is 10.2. The highest BCUT2D eigenvalue weighted by atomic mass is 16.1. The first-order valence-corrected chi connectivity index (χ1v) is 11.3. The number of nitrogens with one attached hydrogen (secondary N) is 2. The lowest BCUT2D eigenvalue weighted by Gasteiger charge is -2.32. The van der Waals surface area contributed by atoms with Crippen LogP contribution in [0.4, 0.5) is 17.7 Å². The molecule has 0 radical (unpaired) electrons. The van der Waals surface area contributed by atoms with E-state index in [2.05, 4.69) is 54.3 Å². The molecule has 1 aliphatic rings. The maximum Gasteiger partial charge on any atom is 0.255 e. The quantitative estimate of drug-likeness (QED) is 0.560. The molecular weight excluding hydrogens is 392 g/mol. The molecule has 3 rings (SSSR count). The van der Waals surface area contributed by atoms with E-state index in [9.17, 15) is 4.79 Å². The molecule has 31 heavy (non-hydrogen) atoms. The van der Waals surface area contributed by atoms with E-state index >= 15 is 0 Å². The van der Waals surface area contributed by atoms with E-state index < -0.39 is 0 Å². The molecule has 0 spiro atoms. The fourth-order valence-electron chi connectivity index (χ4n) is 3.41. The van der Waals surface area contributed by atoms with Crippen LogP contribution in [-0.2, 0) is 6.42 Å². The smallest absolute Gasteiger partial charge is 0.255 e. The number of unbranched alkanes of at least 4 members (excludes halogenated alkanes) is 3. The van der Waals surface area contributed by atoms with Crippen molar-refractivity contribution >= 4 is 23.6 Å². The third-order valence-electron chi connectivity index (χ3n) is 5.37. The van der Waals surface area contributed by atoms with Crippen LogP contribution in [0.1, 0.15) is 55.7 Å². The number of rotatable bonds is 10.